The minimum absolute atomic E-state index is 0.0690. The van der Waals surface area contributed by atoms with Gasteiger partial charge in [0.25, 0.3) is 0 Å². The topological polar surface area (TPSA) is 26.3 Å². The van der Waals surface area contributed by atoms with E-state index in [1.807, 2.05) is 0 Å². The van der Waals surface area contributed by atoms with E-state index >= 15 is 0 Å². The lowest BCUT2D eigenvalue weighted by atomic mass is 9.41. The molecule has 0 amide bonds. The van der Waals surface area contributed by atoms with Crippen LogP contribution in [0.15, 0.2) is 36.5 Å². The minimum atomic E-state index is 0.0690. The van der Waals surface area contributed by atoms with Crippen LogP contribution >= 0.6 is 0 Å². The Kier molecular flexibility index (Phi) is 14.2. The lowest BCUT2D eigenvalue weighted by molar-refractivity contribution is -0.183. The first-order chi connectivity index (χ1) is 24.8. The molecule has 2 heteroatoms. The fourth-order valence-electron chi connectivity index (χ4n) is 14.3. The van der Waals surface area contributed by atoms with E-state index in [0.29, 0.717) is 39.9 Å². The zero-order valence-electron chi connectivity index (χ0n) is 35.8. The molecule has 296 valence electrons. The van der Waals surface area contributed by atoms with Crippen molar-refractivity contribution in [2.45, 2.75) is 216 Å². The monoisotopic (exact) mass is 717 g/mol. The van der Waals surface area contributed by atoms with E-state index in [0.717, 1.165) is 43.4 Å². The zero-order chi connectivity index (χ0) is 37.6. The molecule has 5 fully saturated rings. The maximum Gasteiger partial charge on any atom is 0.306 e. The van der Waals surface area contributed by atoms with Gasteiger partial charge < -0.3 is 4.74 Å². The summed E-state index contributed by atoms with van der Waals surface area (Å²) in [5.74, 6) is 4.04. The summed E-state index contributed by atoms with van der Waals surface area (Å²) in [5.41, 5.74) is 3.49. The Morgan fingerprint density at radius 1 is 0.750 bits per heavy atom. The van der Waals surface area contributed by atoms with E-state index in [9.17, 15) is 4.79 Å². The van der Waals surface area contributed by atoms with Gasteiger partial charge in [0.2, 0.25) is 0 Å². The third-order valence-corrected chi connectivity index (χ3v) is 17.6. The van der Waals surface area contributed by atoms with Crippen LogP contribution in [0.4, 0.5) is 0 Å². The molecule has 5 saturated carbocycles. The molecule has 52 heavy (non-hydrogen) atoms. The number of allylic oxidation sites excluding steroid dienone is 5. The summed E-state index contributed by atoms with van der Waals surface area (Å²) in [6, 6.07) is 0. The first-order valence-corrected chi connectivity index (χ1v) is 23.0. The highest BCUT2D eigenvalue weighted by molar-refractivity contribution is 5.69. The molecule has 0 radical (unpaired) electrons. The molecule has 0 aromatic rings. The van der Waals surface area contributed by atoms with Gasteiger partial charge in [-0.1, -0.05) is 117 Å². The third kappa shape index (κ3) is 8.13. The summed E-state index contributed by atoms with van der Waals surface area (Å²) in [6.45, 7) is 24.3. The number of carbonyl (C=O) groups excluding carboxylic acids is 1. The second-order valence-electron chi connectivity index (χ2n) is 20.5. The molecule has 0 bridgehead atoms. The van der Waals surface area contributed by atoms with Gasteiger partial charge in [-0.05, 0) is 174 Å². The van der Waals surface area contributed by atoms with E-state index in [1.165, 1.54) is 128 Å². The van der Waals surface area contributed by atoms with Gasteiger partial charge >= 0.3 is 5.97 Å². The Morgan fingerprint density at radius 3 is 2.10 bits per heavy atom. The maximum absolute atomic E-state index is 13.2. The highest BCUT2D eigenvalue weighted by Gasteiger charge is 2.82. The summed E-state index contributed by atoms with van der Waals surface area (Å²) in [7, 11) is 0. The van der Waals surface area contributed by atoms with Gasteiger partial charge in [0, 0.05) is 11.8 Å². The molecule has 5 rings (SSSR count). The standard InChI is InChI=1S/C50H84O2/c1-10-12-13-14-15-16-17-18-19-20-21-22-23-24-25-26-45(51)52-44-32-34-49-37-50(49)36-35-47(8)41(39(5)27-28-40(11-2)38(3)4)31-33-48(47,9)43(50)30-29-42(49)46(44,6)7/h15-16,18-19,39-44H,3,10-14,17,20-37H2,1-2,4-9H3. The van der Waals surface area contributed by atoms with Crippen LogP contribution in [0.5, 0.6) is 0 Å². The zero-order valence-corrected chi connectivity index (χ0v) is 35.8. The van der Waals surface area contributed by atoms with Crippen molar-refractivity contribution in [1.29, 1.82) is 0 Å². The smallest absolute Gasteiger partial charge is 0.306 e. The first-order valence-electron chi connectivity index (χ1n) is 23.0. The Labute approximate surface area is 323 Å². The Morgan fingerprint density at radius 2 is 1.40 bits per heavy atom. The van der Waals surface area contributed by atoms with Crippen LogP contribution in [0.25, 0.3) is 0 Å². The van der Waals surface area contributed by atoms with Gasteiger partial charge in [0.1, 0.15) is 6.10 Å². The molecule has 5 aliphatic carbocycles. The lowest BCUT2D eigenvalue weighted by Gasteiger charge is -2.63. The van der Waals surface area contributed by atoms with Crippen LogP contribution in [0.1, 0.15) is 209 Å². The summed E-state index contributed by atoms with van der Waals surface area (Å²) in [4.78, 5) is 13.2. The van der Waals surface area contributed by atoms with Crippen LogP contribution in [-0.4, -0.2) is 12.1 Å². The lowest BCUT2D eigenvalue weighted by Crippen LogP contribution is -2.58. The molecule has 0 N–H and O–H groups in total. The molecule has 0 saturated heterocycles. The van der Waals surface area contributed by atoms with Crippen molar-refractivity contribution in [2.24, 2.45) is 56.7 Å². The van der Waals surface area contributed by atoms with E-state index in [4.69, 9.17) is 4.74 Å². The molecule has 10 unspecified atom stereocenters. The quantitative estimate of drug-likeness (QED) is 0.0671. The predicted molar refractivity (Wildman–Crippen MR) is 223 cm³/mol. The van der Waals surface area contributed by atoms with Gasteiger partial charge in [-0.15, -0.1) is 0 Å². The second-order valence-corrected chi connectivity index (χ2v) is 20.5. The molecule has 2 spiro atoms. The molecular weight excluding hydrogens is 633 g/mol. The highest BCUT2D eigenvalue weighted by Crippen LogP contribution is 2.89. The molecular formula is C50H84O2. The summed E-state index contributed by atoms with van der Waals surface area (Å²) >= 11 is 0. The normalized spacial score (nSPS) is 37.2. The molecule has 5 aliphatic rings. The summed E-state index contributed by atoms with van der Waals surface area (Å²) < 4.78 is 6.42. The van der Waals surface area contributed by atoms with Gasteiger partial charge in [-0.3, -0.25) is 4.79 Å². The number of carbonyl (C=O) groups is 1. The molecule has 0 heterocycles. The van der Waals surface area contributed by atoms with E-state index < -0.39 is 0 Å². The van der Waals surface area contributed by atoms with E-state index in [2.05, 4.69) is 86.3 Å². The predicted octanol–water partition coefficient (Wildman–Crippen LogP) is 15.2. The van der Waals surface area contributed by atoms with Crippen molar-refractivity contribution in [1.82, 2.24) is 0 Å². The van der Waals surface area contributed by atoms with E-state index in [1.54, 1.807) is 0 Å². The van der Waals surface area contributed by atoms with Crippen molar-refractivity contribution < 1.29 is 9.53 Å². The third-order valence-electron chi connectivity index (χ3n) is 17.6. The van der Waals surface area contributed by atoms with Crippen LogP contribution in [-0.2, 0) is 9.53 Å². The Hall–Kier alpha value is -1.31. The number of hydrogen-bond donors (Lipinski definition) is 0. The van der Waals surface area contributed by atoms with Gasteiger partial charge in [0.15, 0.2) is 0 Å². The molecule has 0 aromatic heterocycles. The largest absolute Gasteiger partial charge is 0.462 e. The highest BCUT2D eigenvalue weighted by atomic mass is 16.5. The summed E-state index contributed by atoms with van der Waals surface area (Å²) in [5, 5.41) is 0. The average Bonchev–Trinajstić information content (AvgIpc) is 3.69. The summed E-state index contributed by atoms with van der Waals surface area (Å²) in [6.07, 6.45) is 39.7. The first kappa shape index (κ1) is 41.8. The van der Waals surface area contributed by atoms with Crippen molar-refractivity contribution in [2.75, 3.05) is 0 Å². The fourth-order valence-corrected chi connectivity index (χ4v) is 14.3. The van der Waals surface area contributed by atoms with Gasteiger partial charge in [-0.25, -0.2) is 0 Å². The SMILES string of the molecule is C=C(C)C(CC)CCC(C)C1CCC2(C)C3CCC4C(C)(C)C(OC(=O)CCCCCCCC=CCC=CCCCCC)CCC45CC35CCC12C. The second kappa shape index (κ2) is 17.7. The number of unbranched alkanes of at least 4 members (excludes halogenated alkanes) is 8. The van der Waals surface area contributed by atoms with E-state index in [-0.39, 0.29) is 17.5 Å². The van der Waals surface area contributed by atoms with Crippen LogP contribution < -0.4 is 0 Å². The van der Waals surface area contributed by atoms with Crippen molar-refractivity contribution in [3.8, 4) is 0 Å². The number of rotatable bonds is 21. The molecule has 0 aromatic carbocycles. The maximum atomic E-state index is 13.2. The van der Waals surface area contributed by atoms with Gasteiger partial charge in [0.05, 0.1) is 0 Å². The van der Waals surface area contributed by atoms with Crippen molar-refractivity contribution in [3.63, 3.8) is 0 Å². The van der Waals surface area contributed by atoms with Crippen LogP contribution in [0.2, 0.25) is 0 Å². The Bertz CT molecular complexity index is 1240. The van der Waals surface area contributed by atoms with Crippen LogP contribution in [0, 0.1) is 56.7 Å². The molecule has 10 atom stereocenters. The molecule has 0 aliphatic heterocycles. The van der Waals surface area contributed by atoms with Crippen molar-refractivity contribution >= 4 is 5.97 Å². The van der Waals surface area contributed by atoms with Crippen LogP contribution in [0.3, 0.4) is 0 Å². The number of esters is 1. The number of fused-ring (bicyclic) bond motifs is 2. The molecule has 2 nitrogen and oxygen atoms in total. The van der Waals surface area contributed by atoms with Gasteiger partial charge in [-0.2, -0.15) is 0 Å². The fraction of sp³-hybridized carbons (Fsp3) is 0.860. The average molecular weight is 717 g/mol. The number of ether oxygens (including phenoxy) is 1. The minimum Gasteiger partial charge on any atom is -0.462 e. The Balaban J connectivity index is 1.06. The number of hydrogen-bond acceptors (Lipinski definition) is 2. The van der Waals surface area contributed by atoms with Crippen molar-refractivity contribution in [3.05, 3.63) is 36.5 Å².